The second-order valence-electron chi connectivity index (χ2n) is 6.76. The van der Waals surface area contributed by atoms with Crippen LogP contribution in [-0.2, 0) is 4.79 Å². The van der Waals surface area contributed by atoms with Crippen LogP contribution in [0.15, 0.2) is 82.1 Å². The van der Waals surface area contributed by atoms with Crippen molar-refractivity contribution in [2.75, 3.05) is 14.1 Å². The molecule has 0 unspecified atom stereocenters. The van der Waals surface area contributed by atoms with Gasteiger partial charge in [0.1, 0.15) is 11.3 Å². The molecule has 0 radical (unpaired) electrons. The molecule has 0 aliphatic rings. The summed E-state index contributed by atoms with van der Waals surface area (Å²) in [5.41, 5.74) is 2.33. The zero-order chi connectivity index (χ0) is 20.4. The minimum absolute atomic E-state index is 0.158. The summed E-state index contributed by atoms with van der Waals surface area (Å²) in [6.45, 7) is 0. The van der Waals surface area contributed by atoms with E-state index < -0.39 is 5.63 Å². The number of nitrogens with zero attached hydrogens (tertiary/aromatic N) is 3. The van der Waals surface area contributed by atoms with E-state index in [2.05, 4.69) is 5.10 Å². The van der Waals surface area contributed by atoms with Crippen molar-refractivity contribution in [3.8, 4) is 16.9 Å². The van der Waals surface area contributed by atoms with E-state index in [1.807, 2.05) is 48.5 Å². The maximum atomic E-state index is 12.7. The third-order valence-electron chi connectivity index (χ3n) is 4.51. The average molecular weight is 385 g/mol. The van der Waals surface area contributed by atoms with Crippen LogP contribution in [0.2, 0.25) is 0 Å². The van der Waals surface area contributed by atoms with Crippen molar-refractivity contribution >= 4 is 23.0 Å². The highest BCUT2D eigenvalue weighted by atomic mass is 16.4. The van der Waals surface area contributed by atoms with Crippen LogP contribution in [-0.4, -0.2) is 34.7 Å². The number of benzene rings is 2. The second kappa shape index (κ2) is 7.59. The van der Waals surface area contributed by atoms with Crippen molar-refractivity contribution in [3.05, 3.63) is 88.9 Å². The Kier molecular flexibility index (Phi) is 4.83. The van der Waals surface area contributed by atoms with E-state index in [1.165, 1.54) is 11.0 Å². The molecule has 0 saturated carbocycles. The third-order valence-corrected chi connectivity index (χ3v) is 4.51. The molecule has 0 atom stereocenters. The van der Waals surface area contributed by atoms with Crippen molar-refractivity contribution in [2.24, 2.45) is 0 Å². The number of carbonyl (C=O) groups excluding carboxylic acids is 1. The van der Waals surface area contributed by atoms with Crippen molar-refractivity contribution in [2.45, 2.75) is 0 Å². The molecule has 0 saturated heterocycles. The molecular weight excluding hydrogens is 366 g/mol. The molecule has 0 aliphatic heterocycles. The Hall–Kier alpha value is -3.93. The summed E-state index contributed by atoms with van der Waals surface area (Å²) in [4.78, 5) is 26.2. The maximum Gasteiger partial charge on any atom is 0.345 e. The molecule has 4 aromatic rings. The summed E-state index contributed by atoms with van der Waals surface area (Å²) in [5, 5.41) is 5.42. The van der Waals surface area contributed by atoms with Gasteiger partial charge in [-0.1, -0.05) is 36.4 Å². The Balaban J connectivity index is 1.89. The molecule has 0 aliphatic carbocycles. The van der Waals surface area contributed by atoms with Crippen LogP contribution in [0.3, 0.4) is 0 Å². The van der Waals surface area contributed by atoms with Gasteiger partial charge in [-0.3, -0.25) is 4.79 Å². The largest absolute Gasteiger partial charge is 0.422 e. The summed E-state index contributed by atoms with van der Waals surface area (Å²) >= 11 is 0. The number of amides is 1. The van der Waals surface area contributed by atoms with E-state index in [0.717, 1.165) is 11.1 Å². The highest BCUT2D eigenvalue weighted by Crippen LogP contribution is 2.25. The molecule has 6 nitrogen and oxygen atoms in total. The van der Waals surface area contributed by atoms with Crippen LogP contribution in [0.1, 0.15) is 5.56 Å². The van der Waals surface area contributed by atoms with E-state index >= 15 is 0 Å². The molecule has 144 valence electrons. The van der Waals surface area contributed by atoms with Gasteiger partial charge in [0.05, 0.1) is 11.3 Å². The van der Waals surface area contributed by atoms with E-state index in [0.29, 0.717) is 22.4 Å². The number of likely N-dealkylation sites (N-methyl/N-ethyl adjacent to an activating group) is 1. The minimum Gasteiger partial charge on any atom is -0.422 e. The molecule has 1 amide bonds. The zero-order valence-corrected chi connectivity index (χ0v) is 16.1. The quantitative estimate of drug-likeness (QED) is 0.396. The Morgan fingerprint density at radius 2 is 1.79 bits per heavy atom. The fourth-order valence-corrected chi connectivity index (χ4v) is 2.97. The minimum atomic E-state index is -0.476. The van der Waals surface area contributed by atoms with Gasteiger partial charge in [-0.15, -0.1) is 0 Å². The Labute approximate surface area is 167 Å². The lowest BCUT2D eigenvalue weighted by molar-refractivity contribution is -0.123. The molecule has 2 aromatic heterocycles. The molecule has 0 spiro atoms. The van der Waals surface area contributed by atoms with Gasteiger partial charge >= 0.3 is 5.63 Å². The molecule has 2 aromatic carbocycles. The molecular formula is C23H19N3O3. The lowest BCUT2D eigenvalue weighted by atomic mass is 10.1. The zero-order valence-electron chi connectivity index (χ0n) is 16.1. The lowest BCUT2D eigenvalue weighted by Gasteiger charge is -2.05. The fourth-order valence-electron chi connectivity index (χ4n) is 2.97. The second-order valence-corrected chi connectivity index (χ2v) is 6.76. The average Bonchev–Trinajstić information content (AvgIpc) is 3.16. The van der Waals surface area contributed by atoms with Crippen LogP contribution >= 0.6 is 0 Å². The number of rotatable bonds is 4. The predicted molar refractivity (Wildman–Crippen MR) is 113 cm³/mol. The van der Waals surface area contributed by atoms with Gasteiger partial charge < -0.3 is 9.32 Å². The predicted octanol–water partition coefficient (Wildman–Crippen LogP) is 3.75. The Bertz CT molecular complexity index is 1270. The van der Waals surface area contributed by atoms with Gasteiger partial charge in [0, 0.05) is 37.3 Å². The first-order valence-corrected chi connectivity index (χ1v) is 9.10. The summed E-state index contributed by atoms with van der Waals surface area (Å²) in [5.74, 6) is -0.158. The highest BCUT2D eigenvalue weighted by Gasteiger charge is 2.16. The highest BCUT2D eigenvalue weighted by molar-refractivity contribution is 5.93. The summed E-state index contributed by atoms with van der Waals surface area (Å²) in [6, 6.07) is 18.7. The molecule has 29 heavy (non-hydrogen) atoms. The first-order valence-electron chi connectivity index (χ1n) is 9.10. The van der Waals surface area contributed by atoms with Gasteiger partial charge in [-0.2, -0.15) is 5.10 Å². The molecule has 0 bridgehead atoms. The summed E-state index contributed by atoms with van der Waals surface area (Å²) in [6.07, 6.45) is 4.91. The maximum absolute atomic E-state index is 12.7. The summed E-state index contributed by atoms with van der Waals surface area (Å²) < 4.78 is 7.16. The van der Waals surface area contributed by atoms with Gasteiger partial charge in [0.2, 0.25) is 5.91 Å². The number of aromatic nitrogens is 2. The van der Waals surface area contributed by atoms with E-state index in [4.69, 9.17) is 4.42 Å². The number of carbonyl (C=O) groups is 1. The van der Waals surface area contributed by atoms with Crippen molar-refractivity contribution in [3.63, 3.8) is 0 Å². The van der Waals surface area contributed by atoms with Crippen molar-refractivity contribution in [1.29, 1.82) is 0 Å². The molecule has 0 N–H and O–H groups in total. The summed E-state index contributed by atoms with van der Waals surface area (Å²) in [7, 11) is 3.36. The Morgan fingerprint density at radius 1 is 1.07 bits per heavy atom. The standard InChI is InChI=1S/C23H19N3O3/c1-25(2)21(27)13-12-17-15-26(18-9-4-3-5-10-18)24-22(17)19-14-16-8-6-7-11-20(16)29-23(19)28/h3-15H,1-2H3. The van der Waals surface area contributed by atoms with Crippen molar-refractivity contribution in [1.82, 2.24) is 14.7 Å². The number of hydrogen-bond acceptors (Lipinski definition) is 4. The fraction of sp³-hybridized carbons (Fsp3) is 0.0870. The van der Waals surface area contributed by atoms with Crippen LogP contribution in [0, 0.1) is 0 Å². The molecule has 2 heterocycles. The van der Waals surface area contributed by atoms with Crippen molar-refractivity contribution < 1.29 is 9.21 Å². The van der Waals surface area contributed by atoms with Crippen LogP contribution in [0.4, 0.5) is 0 Å². The van der Waals surface area contributed by atoms with Crippen LogP contribution < -0.4 is 5.63 Å². The van der Waals surface area contributed by atoms with Gasteiger partial charge in [-0.05, 0) is 30.3 Å². The first kappa shape index (κ1) is 18.4. The third kappa shape index (κ3) is 3.73. The van der Waals surface area contributed by atoms with E-state index in [9.17, 15) is 9.59 Å². The number of fused-ring (bicyclic) bond motifs is 1. The van der Waals surface area contributed by atoms with Gasteiger partial charge in [-0.25, -0.2) is 9.48 Å². The molecule has 0 fully saturated rings. The lowest BCUT2D eigenvalue weighted by Crippen LogP contribution is -2.18. The normalized spacial score (nSPS) is 11.2. The number of hydrogen-bond donors (Lipinski definition) is 0. The first-order chi connectivity index (χ1) is 14.0. The topological polar surface area (TPSA) is 68.3 Å². The van der Waals surface area contributed by atoms with Gasteiger partial charge in [0.15, 0.2) is 0 Å². The van der Waals surface area contributed by atoms with E-state index in [-0.39, 0.29) is 5.91 Å². The number of para-hydroxylation sites is 2. The molecule has 4 rings (SSSR count). The SMILES string of the molecule is CN(C)C(=O)C=Cc1cn(-c2ccccc2)nc1-c1cc2ccccc2oc1=O. The smallest absolute Gasteiger partial charge is 0.345 e. The van der Waals surface area contributed by atoms with E-state index in [1.54, 1.807) is 43.2 Å². The van der Waals surface area contributed by atoms with Crippen LogP contribution in [0.25, 0.3) is 34.0 Å². The Morgan fingerprint density at radius 3 is 2.55 bits per heavy atom. The monoisotopic (exact) mass is 385 g/mol. The molecule has 6 heteroatoms. The van der Waals surface area contributed by atoms with Gasteiger partial charge in [0.25, 0.3) is 0 Å². The van der Waals surface area contributed by atoms with Crippen LogP contribution in [0.5, 0.6) is 0 Å².